The number of fused-ring (bicyclic) bond motifs is 1. The zero-order chi connectivity index (χ0) is 27.8. The predicted octanol–water partition coefficient (Wildman–Crippen LogP) is 5.77. The third kappa shape index (κ3) is 5.41. The minimum Gasteiger partial charge on any atom is -0.444 e. The summed E-state index contributed by atoms with van der Waals surface area (Å²) in [5.41, 5.74) is 11.1. The van der Waals surface area contributed by atoms with E-state index in [0.29, 0.717) is 11.3 Å². The van der Waals surface area contributed by atoms with Gasteiger partial charge in [-0.15, -0.1) is 0 Å². The van der Waals surface area contributed by atoms with Gasteiger partial charge < -0.3 is 15.8 Å². The molecule has 0 unspecified atom stereocenters. The predicted molar refractivity (Wildman–Crippen MR) is 152 cm³/mol. The van der Waals surface area contributed by atoms with E-state index in [4.69, 9.17) is 15.6 Å². The Morgan fingerprint density at radius 2 is 1.74 bits per heavy atom. The summed E-state index contributed by atoms with van der Waals surface area (Å²) in [4.78, 5) is 28.7. The van der Waals surface area contributed by atoms with Gasteiger partial charge in [0, 0.05) is 17.2 Å². The molecule has 8 heteroatoms. The summed E-state index contributed by atoms with van der Waals surface area (Å²) in [6, 6.07) is 20.3. The molecule has 2 aromatic heterocycles. The van der Waals surface area contributed by atoms with Crippen molar-refractivity contribution in [3.05, 3.63) is 83.7 Å². The summed E-state index contributed by atoms with van der Waals surface area (Å²) in [5.74, 6) is -0.536. The second-order valence-corrected chi connectivity index (χ2v) is 11.0. The molecule has 1 aliphatic carbocycles. The van der Waals surface area contributed by atoms with Crippen molar-refractivity contribution in [2.75, 3.05) is 0 Å². The van der Waals surface area contributed by atoms with E-state index in [0.717, 1.165) is 52.9 Å². The second kappa shape index (κ2) is 10.0. The van der Waals surface area contributed by atoms with Crippen molar-refractivity contribution in [1.29, 1.82) is 0 Å². The molecule has 0 aliphatic heterocycles. The quantitative estimate of drug-likeness (QED) is 0.312. The normalized spacial score (nSPS) is 14.8. The topological polar surface area (TPSA) is 112 Å². The van der Waals surface area contributed by atoms with Crippen LogP contribution in [0.1, 0.15) is 57.0 Å². The highest BCUT2D eigenvalue weighted by atomic mass is 16.6. The van der Waals surface area contributed by atoms with Crippen molar-refractivity contribution in [3.63, 3.8) is 0 Å². The molecule has 39 heavy (non-hydrogen) atoms. The Morgan fingerprint density at radius 1 is 1.05 bits per heavy atom. The number of nitrogens with two attached hydrogens (primary N) is 1. The fourth-order valence-electron chi connectivity index (χ4n) is 4.97. The number of hydrogen-bond acceptors (Lipinski definition) is 5. The number of nitrogens with one attached hydrogen (secondary N) is 1. The Balaban J connectivity index is 1.57. The van der Waals surface area contributed by atoms with Gasteiger partial charge in [0.1, 0.15) is 5.60 Å². The van der Waals surface area contributed by atoms with Crippen LogP contribution in [0.3, 0.4) is 0 Å². The van der Waals surface area contributed by atoms with E-state index in [1.165, 1.54) is 6.08 Å². The lowest BCUT2D eigenvalue weighted by atomic mass is 9.71. The van der Waals surface area contributed by atoms with Crippen LogP contribution in [0.15, 0.2) is 66.7 Å². The van der Waals surface area contributed by atoms with Crippen LogP contribution in [0.4, 0.5) is 4.79 Å². The number of imidazole rings is 1. The van der Waals surface area contributed by atoms with Crippen LogP contribution in [0.25, 0.3) is 34.1 Å². The van der Waals surface area contributed by atoms with Crippen LogP contribution in [0.2, 0.25) is 0 Å². The zero-order valence-electron chi connectivity index (χ0n) is 22.7. The summed E-state index contributed by atoms with van der Waals surface area (Å²) in [7, 11) is 0. The largest absolute Gasteiger partial charge is 0.444 e. The van der Waals surface area contributed by atoms with E-state index in [2.05, 4.69) is 22.4 Å². The summed E-state index contributed by atoms with van der Waals surface area (Å²) in [6.45, 7) is 7.46. The van der Waals surface area contributed by atoms with Crippen molar-refractivity contribution in [2.45, 2.75) is 58.1 Å². The van der Waals surface area contributed by atoms with Gasteiger partial charge in [-0.3, -0.25) is 4.79 Å². The Bertz CT molecular complexity index is 1560. The molecular weight excluding hydrogens is 490 g/mol. The number of carbonyl (C=O) groups excluding carboxylic acids is 2. The van der Waals surface area contributed by atoms with Crippen molar-refractivity contribution in [3.8, 4) is 22.4 Å². The van der Waals surface area contributed by atoms with Gasteiger partial charge in [0.15, 0.2) is 5.65 Å². The highest BCUT2D eigenvalue weighted by Crippen LogP contribution is 2.42. The van der Waals surface area contributed by atoms with Gasteiger partial charge >= 0.3 is 6.09 Å². The number of alkyl carbamates (subject to hydrolysis) is 1. The smallest absolute Gasteiger partial charge is 0.408 e. The molecule has 3 N–H and O–H groups in total. The summed E-state index contributed by atoms with van der Waals surface area (Å²) < 4.78 is 7.27. The number of carbonyl (C=O) groups is 2. The maximum Gasteiger partial charge on any atom is 0.408 e. The highest BCUT2D eigenvalue weighted by molar-refractivity contribution is 5.90. The van der Waals surface area contributed by atoms with Crippen LogP contribution in [0.5, 0.6) is 0 Å². The summed E-state index contributed by atoms with van der Waals surface area (Å²) >= 11 is 0. The van der Waals surface area contributed by atoms with E-state index in [-0.39, 0.29) is 0 Å². The molecular formula is C31H33N5O3. The van der Waals surface area contributed by atoms with E-state index in [1.807, 2.05) is 76.2 Å². The van der Waals surface area contributed by atoms with Crippen molar-refractivity contribution >= 4 is 23.7 Å². The van der Waals surface area contributed by atoms with Gasteiger partial charge in [-0.05, 0) is 70.2 Å². The van der Waals surface area contributed by atoms with Crippen LogP contribution in [-0.2, 0) is 15.1 Å². The number of amides is 2. The Kier molecular flexibility index (Phi) is 6.72. The maximum atomic E-state index is 12.6. The molecule has 2 heterocycles. The van der Waals surface area contributed by atoms with Gasteiger partial charge in [0.05, 0.1) is 22.6 Å². The molecule has 1 fully saturated rings. The van der Waals surface area contributed by atoms with Gasteiger partial charge in [-0.2, -0.15) is 5.10 Å². The van der Waals surface area contributed by atoms with Crippen molar-refractivity contribution < 1.29 is 14.3 Å². The third-order valence-corrected chi connectivity index (χ3v) is 6.98. The van der Waals surface area contributed by atoms with Crippen LogP contribution in [0, 0.1) is 6.92 Å². The minimum atomic E-state index is -0.561. The number of rotatable bonds is 6. The minimum absolute atomic E-state index is 0.406. The molecule has 4 aromatic rings. The van der Waals surface area contributed by atoms with E-state index in [1.54, 1.807) is 10.6 Å². The van der Waals surface area contributed by atoms with Crippen LogP contribution >= 0.6 is 0 Å². The molecule has 0 spiro atoms. The Morgan fingerprint density at radius 3 is 2.33 bits per heavy atom. The molecule has 2 aromatic carbocycles. The molecule has 1 aliphatic rings. The molecule has 5 rings (SSSR count). The number of aromatic nitrogens is 3. The Hall–Kier alpha value is -4.46. The van der Waals surface area contributed by atoms with Gasteiger partial charge in [0.25, 0.3) is 0 Å². The summed E-state index contributed by atoms with van der Waals surface area (Å²) in [5, 5.41) is 8.12. The molecule has 200 valence electrons. The van der Waals surface area contributed by atoms with Crippen molar-refractivity contribution in [2.24, 2.45) is 5.73 Å². The first-order valence-electron chi connectivity index (χ1n) is 13.1. The van der Waals surface area contributed by atoms with Crippen LogP contribution in [-0.4, -0.2) is 32.2 Å². The molecule has 0 radical (unpaired) electrons. The average Bonchev–Trinajstić information content (AvgIpc) is 3.17. The first kappa shape index (κ1) is 26.2. The molecule has 2 amide bonds. The van der Waals surface area contributed by atoms with Crippen LogP contribution < -0.4 is 11.1 Å². The van der Waals surface area contributed by atoms with E-state index < -0.39 is 23.1 Å². The van der Waals surface area contributed by atoms with Crippen molar-refractivity contribution in [1.82, 2.24) is 19.9 Å². The molecule has 8 nitrogen and oxygen atoms in total. The zero-order valence-corrected chi connectivity index (χ0v) is 22.7. The summed E-state index contributed by atoms with van der Waals surface area (Å²) in [6.07, 6.45) is 5.30. The lowest BCUT2D eigenvalue weighted by Crippen LogP contribution is -2.52. The third-order valence-electron chi connectivity index (χ3n) is 6.98. The fraction of sp³-hybridized carbons (Fsp3) is 0.290. The van der Waals surface area contributed by atoms with E-state index >= 15 is 0 Å². The lowest BCUT2D eigenvalue weighted by Gasteiger charge is -2.43. The monoisotopic (exact) mass is 523 g/mol. The first-order chi connectivity index (χ1) is 18.5. The average molecular weight is 524 g/mol. The molecule has 1 saturated carbocycles. The number of aryl methyl sites for hydroxylation is 1. The standard InChI is InChI=1S/C31H33N5O3/c1-20-25(15-16-26(32)37)36-27(33-20)19-24(21-9-6-5-7-10-21)28(35-36)22-11-13-23(14-12-22)31(17-8-18-31)34-29(38)39-30(2,3)4/h5-7,9-16,19H,8,17-18H2,1-4H3,(H2,32,37)(H,34,38)/b16-15+. The SMILES string of the molecule is Cc1nc2cc(-c3ccccc3)c(-c3ccc(C4(NC(=O)OC(C)(C)C)CCC4)cc3)nn2c1/C=C/C(N)=O. The first-order valence-corrected chi connectivity index (χ1v) is 13.1. The Labute approximate surface area is 227 Å². The number of nitrogens with zero attached hydrogens (tertiary/aromatic N) is 3. The second-order valence-electron chi connectivity index (χ2n) is 11.0. The highest BCUT2D eigenvalue weighted by Gasteiger charge is 2.41. The van der Waals surface area contributed by atoms with E-state index in [9.17, 15) is 9.59 Å². The number of primary amides is 1. The lowest BCUT2D eigenvalue weighted by molar-refractivity contribution is -0.113. The van der Waals surface area contributed by atoms with Gasteiger partial charge in [0.2, 0.25) is 5.91 Å². The molecule has 0 bridgehead atoms. The number of ether oxygens (including phenoxy) is 1. The maximum absolute atomic E-state index is 12.6. The molecule has 0 saturated heterocycles. The molecule has 0 atom stereocenters. The fourth-order valence-corrected chi connectivity index (χ4v) is 4.97. The van der Waals surface area contributed by atoms with Gasteiger partial charge in [-0.25, -0.2) is 14.3 Å². The number of hydrogen-bond donors (Lipinski definition) is 2. The van der Waals surface area contributed by atoms with Gasteiger partial charge in [-0.1, -0.05) is 54.6 Å². The number of benzene rings is 2.